The van der Waals surface area contributed by atoms with Crippen LogP contribution in [0.3, 0.4) is 0 Å². The number of anilines is 1. The summed E-state index contributed by atoms with van der Waals surface area (Å²) in [5, 5.41) is 0. The summed E-state index contributed by atoms with van der Waals surface area (Å²) in [5.74, 6) is 0.358. The lowest BCUT2D eigenvalue weighted by molar-refractivity contribution is -0.0831. The number of fused-ring (bicyclic) bond motifs is 1. The van der Waals surface area contributed by atoms with Crippen molar-refractivity contribution in [2.24, 2.45) is 0 Å². The maximum atomic E-state index is 12.0. The van der Waals surface area contributed by atoms with Crippen LogP contribution in [-0.4, -0.2) is 66.3 Å². The topological polar surface area (TPSA) is 113 Å². The van der Waals surface area contributed by atoms with E-state index >= 15 is 0 Å². The van der Waals surface area contributed by atoms with Crippen molar-refractivity contribution in [2.45, 2.75) is 25.7 Å². The number of H-pyrrole nitrogens is 1. The SMILES string of the molecule is COCCOCC[C@@H](COC)O[C@H](C)n1cnc2c(=O)[nH]c(NI)nc21. The molecule has 0 radical (unpaired) electrons. The molecule has 0 bridgehead atoms. The minimum Gasteiger partial charge on any atom is -0.382 e. The number of nitrogens with zero attached hydrogens (tertiary/aromatic N) is 3. The number of methoxy groups -OCH3 is 2. The van der Waals surface area contributed by atoms with Gasteiger partial charge in [0.05, 0.1) is 55.1 Å². The molecule has 2 atom stereocenters. The van der Waals surface area contributed by atoms with Crippen LogP contribution in [0.1, 0.15) is 19.6 Å². The summed E-state index contributed by atoms with van der Waals surface area (Å²) in [6.45, 7) is 3.93. The number of hydrogen-bond acceptors (Lipinski definition) is 8. The molecule has 0 aliphatic heterocycles. The Kier molecular flexibility index (Phi) is 8.71. The first-order valence-electron chi connectivity index (χ1n) is 8.15. The molecular formula is C15H24IN5O5. The van der Waals surface area contributed by atoms with Gasteiger partial charge in [0, 0.05) is 20.8 Å². The Balaban J connectivity index is 2.06. The van der Waals surface area contributed by atoms with Crippen molar-refractivity contribution >= 4 is 40.0 Å². The van der Waals surface area contributed by atoms with Gasteiger partial charge in [-0.05, 0) is 13.3 Å². The quantitative estimate of drug-likeness (QED) is 0.267. The van der Waals surface area contributed by atoms with E-state index in [2.05, 4.69) is 18.5 Å². The standard InChI is InChI=1S/C15H24IN5O5/c1-10(26-11(8-24-3)4-5-25-7-6-23-2)21-9-17-12-13(21)18-15(20-16)19-14(12)22/h9-11H,4-8H2,1-3H3,(H2,18,19,20,22)/t10-,11+/m1/s1. The number of ether oxygens (including phenoxy) is 4. The Morgan fingerprint density at radius 3 is 2.81 bits per heavy atom. The molecule has 26 heavy (non-hydrogen) atoms. The fraction of sp³-hybridized carbons (Fsp3) is 0.667. The lowest BCUT2D eigenvalue weighted by Crippen LogP contribution is -2.25. The van der Waals surface area contributed by atoms with Crippen LogP contribution in [0, 0.1) is 0 Å². The minimum absolute atomic E-state index is 0.167. The molecule has 0 saturated heterocycles. The molecule has 2 aromatic heterocycles. The van der Waals surface area contributed by atoms with Gasteiger partial charge in [-0.2, -0.15) is 4.98 Å². The van der Waals surface area contributed by atoms with E-state index in [0.717, 1.165) is 0 Å². The smallest absolute Gasteiger partial charge is 0.280 e. The van der Waals surface area contributed by atoms with Crippen LogP contribution in [0.4, 0.5) is 5.95 Å². The van der Waals surface area contributed by atoms with Crippen LogP contribution in [-0.2, 0) is 18.9 Å². The van der Waals surface area contributed by atoms with Crippen LogP contribution < -0.4 is 9.09 Å². The zero-order valence-electron chi connectivity index (χ0n) is 15.0. The van der Waals surface area contributed by atoms with Crippen LogP contribution in [0.25, 0.3) is 11.2 Å². The third-order valence-corrected chi connectivity index (χ3v) is 4.18. The van der Waals surface area contributed by atoms with Gasteiger partial charge in [-0.25, -0.2) is 4.98 Å². The number of hydrogen-bond donors (Lipinski definition) is 2. The molecule has 11 heteroatoms. The highest BCUT2D eigenvalue weighted by Crippen LogP contribution is 2.18. The van der Waals surface area contributed by atoms with Crippen molar-refractivity contribution in [3.05, 3.63) is 16.7 Å². The van der Waals surface area contributed by atoms with Gasteiger partial charge in [0.25, 0.3) is 5.56 Å². The number of imidazole rings is 1. The second kappa shape index (κ2) is 10.8. The fourth-order valence-electron chi connectivity index (χ4n) is 2.42. The van der Waals surface area contributed by atoms with Crippen LogP contribution in [0.5, 0.6) is 0 Å². The number of aromatic nitrogens is 4. The molecular weight excluding hydrogens is 457 g/mol. The van der Waals surface area contributed by atoms with Crippen molar-refractivity contribution in [1.82, 2.24) is 19.5 Å². The molecule has 2 N–H and O–H groups in total. The highest BCUT2D eigenvalue weighted by atomic mass is 127. The zero-order valence-corrected chi connectivity index (χ0v) is 17.2. The molecule has 0 fully saturated rings. The zero-order chi connectivity index (χ0) is 18.9. The molecule has 0 unspecified atom stereocenters. The molecule has 0 saturated carbocycles. The highest BCUT2D eigenvalue weighted by molar-refractivity contribution is 14.1. The van der Waals surface area contributed by atoms with Crippen molar-refractivity contribution in [2.75, 3.05) is 44.2 Å². The molecule has 10 nitrogen and oxygen atoms in total. The first-order valence-corrected chi connectivity index (χ1v) is 9.23. The Hall–Kier alpha value is -1.28. The van der Waals surface area contributed by atoms with Gasteiger partial charge in [0.1, 0.15) is 6.23 Å². The average molecular weight is 481 g/mol. The van der Waals surface area contributed by atoms with E-state index in [4.69, 9.17) is 18.9 Å². The lowest BCUT2D eigenvalue weighted by atomic mass is 10.3. The second-order valence-electron chi connectivity index (χ2n) is 5.54. The second-order valence-corrected chi connectivity index (χ2v) is 6.08. The molecule has 0 aliphatic carbocycles. The summed E-state index contributed by atoms with van der Waals surface area (Å²) >= 11 is 1.90. The summed E-state index contributed by atoms with van der Waals surface area (Å²) in [5.41, 5.74) is 0.412. The molecule has 2 rings (SSSR count). The minimum atomic E-state index is -0.379. The molecule has 0 aromatic carbocycles. The summed E-state index contributed by atoms with van der Waals surface area (Å²) in [6.07, 6.45) is 1.67. The predicted octanol–water partition coefficient (Wildman–Crippen LogP) is 1.48. The Labute approximate surface area is 165 Å². The first-order chi connectivity index (χ1) is 12.6. The third kappa shape index (κ3) is 5.61. The van der Waals surface area contributed by atoms with E-state index in [-0.39, 0.29) is 23.4 Å². The average Bonchev–Trinajstić information content (AvgIpc) is 3.06. The van der Waals surface area contributed by atoms with Crippen LogP contribution in [0.2, 0.25) is 0 Å². The van der Waals surface area contributed by atoms with E-state index in [9.17, 15) is 4.79 Å². The maximum Gasteiger partial charge on any atom is 0.280 e. The fourth-order valence-corrected chi connectivity index (χ4v) is 2.67. The molecule has 2 heterocycles. The largest absolute Gasteiger partial charge is 0.382 e. The Morgan fingerprint density at radius 2 is 2.12 bits per heavy atom. The number of nitrogens with one attached hydrogen (secondary N) is 2. The van der Waals surface area contributed by atoms with E-state index in [1.54, 1.807) is 25.1 Å². The Bertz CT molecular complexity index is 737. The van der Waals surface area contributed by atoms with Gasteiger partial charge >= 0.3 is 0 Å². The molecule has 146 valence electrons. The van der Waals surface area contributed by atoms with E-state index in [0.29, 0.717) is 44.4 Å². The Morgan fingerprint density at radius 1 is 1.31 bits per heavy atom. The van der Waals surface area contributed by atoms with E-state index in [1.165, 1.54) is 0 Å². The van der Waals surface area contributed by atoms with Gasteiger partial charge in [-0.1, -0.05) is 0 Å². The number of halogens is 1. The first kappa shape index (κ1) is 21.0. The normalized spacial score (nSPS) is 13.8. The van der Waals surface area contributed by atoms with Crippen molar-refractivity contribution < 1.29 is 18.9 Å². The van der Waals surface area contributed by atoms with E-state index in [1.807, 2.05) is 29.8 Å². The highest BCUT2D eigenvalue weighted by Gasteiger charge is 2.19. The molecule has 0 amide bonds. The summed E-state index contributed by atoms with van der Waals surface area (Å²) in [4.78, 5) is 23.2. The van der Waals surface area contributed by atoms with Crippen molar-refractivity contribution in [3.63, 3.8) is 0 Å². The predicted molar refractivity (Wildman–Crippen MR) is 105 cm³/mol. The van der Waals surface area contributed by atoms with Gasteiger partial charge in [-0.15, -0.1) is 0 Å². The van der Waals surface area contributed by atoms with Gasteiger partial charge < -0.3 is 18.9 Å². The van der Waals surface area contributed by atoms with Crippen LogP contribution >= 0.6 is 22.9 Å². The molecule has 0 spiro atoms. The summed E-state index contributed by atoms with van der Waals surface area (Å²) < 4.78 is 26.3. The lowest BCUT2D eigenvalue weighted by Gasteiger charge is -2.23. The molecule has 2 aromatic rings. The monoisotopic (exact) mass is 481 g/mol. The summed E-state index contributed by atoms with van der Waals surface area (Å²) in [6, 6.07) is 0. The summed E-state index contributed by atoms with van der Waals surface area (Å²) in [7, 11) is 3.26. The van der Waals surface area contributed by atoms with Crippen molar-refractivity contribution in [3.8, 4) is 0 Å². The van der Waals surface area contributed by atoms with Gasteiger partial charge in [0.15, 0.2) is 11.2 Å². The van der Waals surface area contributed by atoms with Crippen molar-refractivity contribution in [1.29, 1.82) is 0 Å². The van der Waals surface area contributed by atoms with Gasteiger partial charge in [-0.3, -0.25) is 17.9 Å². The maximum absolute atomic E-state index is 12.0. The number of rotatable bonds is 12. The van der Waals surface area contributed by atoms with Gasteiger partial charge in [0.2, 0.25) is 5.95 Å². The third-order valence-electron chi connectivity index (χ3n) is 3.67. The number of aromatic amines is 1. The van der Waals surface area contributed by atoms with E-state index < -0.39 is 0 Å². The molecule has 0 aliphatic rings. The van der Waals surface area contributed by atoms with Crippen LogP contribution in [0.15, 0.2) is 11.1 Å².